The van der Waals surface area contributed by atoms with Crippen LogP contribution in [0.3, 0.4) is 0 Å². The van der Waals surface area contributed by atoms with E-state index in [2.05, 4.69) is 5.10 Å². The molecule has 0 bridgehead atoms. The zero-order valence-corrected chi connectivity index (χ0v) is 8.11. The van der Waals surface area contributed by atoms with Gasteiger partial charge in [-0.25, -0.2) is 0 Å². The van der Waals surface area contributed by atoms with Gasteiger partial charge >= 0.3 is 6.18 Å². The second-order valence-corrected chi connectivity index (χ2v) is 2.29. The second-order valence-electron chi connectivity index (χ2n) is 2.29. The Morgan fingerprint density at radius 2 is 1.77 bits per heavy atom. The van der Waals surface area contributed by atoms with Crippen LogP contribution in [-0.2, 0) is 13.2 Å². The lowest BCUT2D eigenvalue weighted by Crippen LogP contribution is -2.06. The average molecular weight is 194 g/mol. The number of aryl methyl sites for hydroxylation is 2. The Hall–Kier alpha value is -1.00. The summed E-state index contributed by atoms with van der Waals surface area (Å²) < 4.78 is 36.9. The van der Waals surface area contributed by atoms with Crippen molar-refractivity contribution in [1.82, 2.24) is 9.78 Å². The first-order valence-electron chi connectivity index (χ1n) is 3.99. The van der Waals surface area contributed by atoms with Crippen molar-refractivity contribution >= 4 is 0 Å². The van der Waals surface area contributed by atoms with Crippen LogP contribution in [0.2, 0.25) is 0 Å². The molecule has 0 saturated carbocycles. The van der Waals surface area contributed by atoms with Crippen LogP contribution in [0.5, 0.6) is 0 Å². The highest BCUT2D eigenvalue weighted by Gasteiger charge is 2.33. The Bertz CT molecular complexity index is 243. The van der Waals surface area contributed by atoms with Crippen molar-refractivity contribution < 1.29 is 13.2 Å². The summed E-state index contributed by atoms with van der Waals surface area (Å²) in [6.45, 7) is 5.57. The van der Waals surface area contributed by atoms with Crippen LogP contribution < -0.4 is 0 Å². The Morgan fingerprint density at radius 1 is 1.31 bits per heavy atom. The van der Waals surface area contributed by atoms with E-state index in [4.69, 9.17) is 0 Å². The average Bonchev–Trinajstić information content (AvgIpc) is 2.35. The molecule has 2 nitrogen and oxygen atoms in total. The summed E-state index contributed by atoms with van der Waals surface area (Å²) in [5.74, 6) is 0. The van der Waals surface area contributed by atoms with E-state index >= 15 is 0 Å². The minimum Gasteiger partial charge on any atom is -0.272 e. The highest BCUT2D eigenvalue weighted by Crippen LogP contribution is 2.27. The number of hydrogen-bond donors (Lipinski definition) is 0. The van der Waals surface area contributed by atoms with Crippen LogP contribution in [0.4, 0.5) is 13.2 Å². The summed E-state index contributed by atoms with van der Waals surface area (Å²) in [6.07, 6.45) is -4.33. The van der Waals surface area contributed by atoms with Gasteiger partial charge in [-0.1, -0.05) is 13.8 Å². The third kappa shape index (κ3) is 3.08. The van der Waals surface area contributed by atoms with E-state index in [0.717, 1.165) is 6.07 Å². The monoisotopic (exact) mass is 194 g/mol. The van der Waals surface area contributed by atoms with Crippen LogP contribution in [-0.4, -0.2) is 9.78 Å². The van der Waals surface area contributed by atoms with Crippen molar-refractivity contribution in [2.24, 2.45) is 7.05 Å². The van der Waals surface area contributed by atoms with Crippen LogP contribution >= 0.6 is 0 Å². The normalized spacial score (nSPS) is 10.7. The predicted octanol–water partition coefficient (Wildman–Crippen LogP) is 2.77. The highest BCUT2D eigenvalue weighted by atomic mass is 19.4. The molecule has 13 heavy (non-hydrogen) atoms. The Balaban J connectivity index is 0.000000671. The molecule has 1 aromatic rings. The third-order valence-electron chi connectivity index (χ3n) is 1.40. The lowest BCUT2D eigenvalue weighted by Gasteiger charge is -1.99. The van der Waals surface area contributed by atoms with Crippen molar-refractivity contribution in [2.75, 3.05) is 0 Å². The molecule has 1 heterocycles. The van der Waals surface area contributed by atoms with Crippen LogP contribution in [0, 0.1) is 6.92 Å². The molecule has 0 atom stereocenters. The summed E-state index contributed by atoms with van der Waals surface area (Å²) in [7, 11) is 1.48. The standard InChI is InChI=1S/C6H7F3N2.C2H6/c1-4-3-5(6(7,8)9)10-11(4)2;1-2/h3H,1-2H3;1-2H3. The maximum Gasteiger partial charge on any atom is 0.435 e. The molecular weight excluding hydrogens is 181 g/mol. The van der Waals surface area contributed by atoms with E-state index < -0.39 is 11.9 Å². The summed E-state index contributed by atoms with van der Waals surface area (Å²) in [5, 5.41) is 3.27. The van der Waals surface area contributed by atoms with Gasteiger partial charge < -0.3 is 0 Å². The first-order valence-corrected chi connectivity index (χ1v) is 3.99. The molecule has 0 aliphatic carbocycles. The van der Waals surface area contributed by atoms with Gasteiger partial charge in [-0.2, -0.15) is 18.3 Å². The molecule has 0 aliphatic heterocycles. The van der Waals surface area contributed by atoms with Gasteiger partial charge in [0, 0.05) is 12.7 Å². The van der Waals surface area contributed by atoms with Crippen molar-refractivity contribution in [3.05, 3.63) is 17.5 Å². The molecule has 0 aliphatic rings. The fourth-order valence-electron chi connectivity index (χ4n) is 0.699. The number of hydrogen-bond acceptors (Lipinski definition) is 1. The summed E-state index contributed by atoms with van der Waals surface area (Å²) in [5.41, 5.74) is -0.338. The molecule has 0 radical (unpaired) electrons. The van der Waals surface area contributed by atoms with Crippen molar-refractivity contribution in [3.8, 4) is 0 Å². The fraction of sp³-hybridized carbons (Fsp3) is 0.625. The largest absolute Gasteiger partial charge is 0.435 e. The van der Waals surface area contributed by atoms with Gasteiger partial charge in [0.15, 0.2) is 5.69 Å². The van der Waals surface area contributed by atoms with Crippen LogP contribution in [0.25, 0.3) is 0 Å². The minimum absolute atomic E-state index is 0.498. The number of nitrogens with zero attached hydrogens (tertiary/aromatic N) is 2. The molecule has 0 aromatic carbocycles. The predicted molar refractivity (Wildman–Crippen MR) is 44.3 cm³/mol. The number of aromatic nitrogens is 2. The summed E-state index contributed by atoms with van der Waals surface area (Å²) >= 11 is 0. The Labute approximate surface area is 75.4 Å². The molecule has 1 aromatic heterocycles. The molecule has 0 N–H and O–H groups in total. The zero-order valence-electron chi connectivity index (χ0n) is 8.11. The van der Waals surface area contributed by atoms with Crippen LogP contribution in [0.15, 0.2) is 6.07 Å². The van der Waals surface area contributed by atoms with Gasteiger partial charge in [-0.15, -0.1) is 0 Å². The number of rotatable bonds is 0. The molecule has 0 unspecified atom stereocenters. The second kappa shape index (κ2) is 4.30. The van der Waals surface area contributed by atoms with Gasteiger partial charge in [-0.05, 0) is 13.0 Å². The Morgan fingerprint density at radius 3 is 1.92 bits per heavy atom. The van der Waals surface area contributed by atoms with E-state index in [1.807, 2.05) is 13.8 Å². The maximum atomic E-state index is 11.9. The summed E-state index contributed by atoms with van der Waals surface area (Å²) in [6, 6.07) is 1.01. The van der Waals surface area contributed by atoms with Gasteiger partial charge in [0.1, 0.15) is 0 Å². The summed E-state index contributed by atoms with van der Waals surface area (Å²) in [4.78, 5) is 0. The number of halogens is 3. The lowest BCUT2D eigenvalue weighted by atomic mass is 10.4. The molecule has 1 rings (SSSR count). The van der Waals surface area contributed by atoms with Crippen molar-refractivity contribution in [2.45, 2.75) is 26.9 Å². The van der Waals surface area contributed by atoms with Crippen LogP contribution in [0.1, 0.15) is 25.2 Å². The molecule has 0 spiro atoms. The smallest absolute Gasteiger partial charge is 0.272 e. The highest BCUT2D eigenvalue weighted by molar-refractivity contribution is 5.11. The molecular formula is C8H13F3N2. The van der Waals surface area contributed by atoms with Crippen molar-refractivity contribution in [1.29, 1.82) is 0 Å². The van der Waals surface area contributed by atoms with E-state index in [0.29, 0.717) is 5.69 Å². The zero-order chi connectivity index (χ0) is 10.6. The van der Waals surface area contributed by atoms with Gasteiger partial charge in [-0.3, -0.25) is 4.68 Å². The first-order chi connectivity index (χ1) is 5.91. The van der Waals surface area contributed by atoms with E-state index in [9.17, 15) is 13.2 Å². The van der Waals surface area contributed by atoms with Gasteiger partial charge in [0.2, 0.25) is 0 Å². The lowest BCUT2D eigenvalue weighted by molar-refractivity contribution is -0.141. The topological polar surface area (TPSA) is 17.8 Å². The minimum atomic E-state index is -4.33. The third-order valence-corrected chi connectivity index (χ3v) is 1.40. The van der Waals surface area contributed by atoms with E-state index in [1.54, 1.807) is 6.92 Å². The molecule has 5 heteroatoms. The Kier molecular flexibility index (Phi) is 3.97. The van der Waals surface area contributed by atoms with Crippen molar-refractivity contribution in [3.63, 3.8) is 0 Å². The molecule has 0 saturated heterocycles. The van der Waals surface area contributed by atoms with E-state index in [-0.39, 0.29) is 0 Å². The van der Waals surface area contributed by atoms with E-state index in [1.165, 1.54) is 11.7 Å². The number of alkyl halides is 3. The maximum absolute atomic E-state index is 11.9. The van der Waals surface area contributed by atoms with Gasteiger partial charge in [0.25, 0.3) is 0 Å². The molecule has 0 amide bonds. The first kappa shape index (κ1) is 12.0. The van der Waals surface area contributed by atoms with Gasteiger partial charge in [0.05, 0.1) is 0 Å². The quantitative estimate of drug-likeness (QED) is 0.621. The molecule has 76 valence electrons. The molecule has 0 fully saturated rings. The SMILES string of the molecule is CC.Cc1cc(C(F)(F)F)nn1C. The fourth-order valence-corrected chi connectivity index (χ4v) is 0.699.